The topological polar surface area (TPSA) is 108 Å². The van der Waals surface area contributed by atoms with Crippen LogP contribution in [0.25, 0.3) is 11.0 Å². The first-order chi connectivity index (χ1) is 16.2. The van der Waals surface area contributed by atoms with Crippen molar-refractivity contribution in [2.45, 2.75) is 23.3 Å². The molecule has 4 aromatic rings. The van der Waals surface area contributed by atoms with Gasteiger partial charge < -0.3 is 9.15 Å². The Morgan fingerprint density at radius 3 is 2.50 bits per heavy atom. The van der Waals surface area contributed by atoms with E-state index in [1.165, 1.54) is 36.4 Å². The maximum atomic E-state index is 13.1. The van der Waals surface area contributed by atoms with Gasteiger partial charge in [0.1, 0.15) is 12.2 Å². The van der Waals surface area contributed by atoms with Gasteiger partial charge in [0, 0.05) is 33.2 Å². The van der Waals surface area contributed by atoms with E-state index >= 15 is 0 Å². The highest BCUT2D eigenvalue weighted by Gasteiger charge is 2.35. The fourth-order valence-corrected chi connectivity index (χ4v) is 5.75. The second kappa shape index (κ2) is 7.93. The molecule has 0 spiro atoms. The summed E-state index contributed by atoms with van der Waals surface area (Å²) in [5, 5.41) is 0.969. The van der Waals surface area contributed by atoms with Gasteiger partial charge in [-0.15, -0.1) is 0 Å². The molecule has 1 aliphatic rings. The molecule has 170 valence electrons. The van der Waals surface area contributed by atoms with Crippen LogP contribution in [-0.4, -0.2) is 20.2 Å². The molecule has 2 heterocycles. The van der Waals surface area contributed by atoms with Crippen molar-refractivity contribution in [1.82, 2.24) is 0 Å². The fraction of sp³-hybridized carbons (Fsp3) is 0.0800. The molecule has 1 aliphatic heterocycles. The van der Waals surface area contributed by atoms with Crippen molar-refractivity contribution >= 4 is 44.2 Å². The van der Waals surface area contributed by atoms with Crippen molar-refractivity contribution in [2.24, 2.45) is 0 Å². The summed E-state index contributed by atoms with van der Waals surface area (Å²) >= 11 is 6.19. The van der Waals surface area contributed by atoms with Crippen molar-refractivity contribution in [3.8, 4) is 0 Å². The zero-order valence-corrected chi connectivity index (χ0v) is 19.2. The third-order valence-corrected chi connectivity index (χ3v) is 7.90. The molecule has 0 saturated carbocycles. The van der Waals surface area contributed by atoms with Crippen molar-refractivity contribution in [3.63, 3.8) is 0 Å². The molecule has 0 saturated heterocycles. The number of hydrogen-bond acceptors (Lipinski definition) is 7. The Hall–Kier alpha value is -3.75. The Kier molecular flexibility index (Phi) is 5.15. The standard InChI is InChI=1S/C25H15ClO7S/c1-13-8-20-18(11-19(13)26)15(10-23(27)33-20)12-32-25(29)14-6-7-17-22(9-14)34(30,31)21-5-3-2-4-16(21)24(17)28/h2-11H,12H2,1H3. The molecule has 0 amide bonds. The summed E-state index contributed by atoms with van der Waals surface area (Å²) in [5.41, 5.74) is 0.834. The second-order valence-corrected chi connectivity index (χ2v) is 10.1. The minimum atomic E-state index is -4.00. The number of aryl methyl sites for hydroxylation is 1. The van der Waals surface area contributed by atoms with Gasteiger partial charge in [-0.25, -0.2) is 18.0 Å². The molecule has 5 rings (SSSR count). The molecular formula is C25H15ClO7S. The lowest BCUT2D eigenvalue weighted by Gasteiger charge is -2.19. The van der Waals surface area contributed by atoms with Gasteiger partial charge >= 0.3 is 11.6 Å². The molecule has 0 unspecified atom stereocenters. The van der Waals surface area contributed by atoms with Crippen molar-refractivity contribution in [1.29, 1.82) is 0 Å². The summed E-state index contributed by atoms with van der Waals surface area (Å²) in [7, 11) is -4.00. The van der Waals surface area contributed by atoms with E-state index < -0.39 is 27.2 Å². The molecule has 0 aliphatic carbocycles. The fourth-order valence-electron chi connectivity index (χ4n) is 3.91. The Labute approximate surface area is 198 Å². The minimum absolute atomic E-state index is 0.00748. The van der Waals surface area contributed by atoms with E-state index in [-0.39, 0.29) is 33.1 Å². The lowest BCUT2D eigenvalue weighted by molar-refractivity contribution is 0.0473. The molecule has 34 heavy (non-hydrogen) atoms. The van der Waals surface area contributed by atoms with Crippen LogP contribution in [0.15, 0.2) is 79.7 Å². The van der Waals surface area contributed by atoms with Crippen LogP contribution in [0.1, 0.15) is 37.4 Å². The Bertz CT molecular complexity index is 1700. The van der Waals surface area contributed by atoms with Gasteiger partial charge in [-0.1, -0.05) is 23.7 Å². The first-order valence-corrected chi connectivity index (χ1v) is 12.0. The molecule has 0 fully saturated rings. The number of ether oxygens (including phenoxy) is 1. The summed E-state index contributed by atoms with van der Waals surface area (Å²) < 4.78 is 36.7. The first-order valence-electron chi connectivity index (χ1n) is 10.1. The van der Waals surface area contributed by atoms with E-state index in [0.717, 1.165) is 11.6 Å². The minimum Gasteiger partial charge on any atom is -0.457 e. The molecule has 3 aromatic carbocycles. The zero-order chi connectivity index (χ0) is 24.2. The average molecular weight is 495 g/mol. The van der Waals surface area contributed by atoms with Crippen molar-refractivity contribution in [2.75, 3.05) is 0 Å². The number of rotatable bonds is 3. The Morgan fingerprint density at radius 2 is 1.71 bits per heavy atom. The molecule has 0 atom stereocenters. The molecule has 0 radical (unpaired) electrons. The molecule has 1 aromatic heterocycles. The van der Waals surface area contributed by atoms with Crippen LogP contribution in [0, 0.1) is 6.92 Å². The molecule has 0 bridgehead atoms. The molecular weight excluding hydrogens is 480 g/mol. The lowest BCUT2D eigenvalue weighted by atomic mass is 10.0. The first kappa shape index (κ1) is 22.1. The van der Waals surface area contributed by atoms with E-state index in [0.29, 0.717) is 21.6 Å². The number of carbonyl (C=O) groups is 2. The largest absolute Gasteiger partial charge is 0.457 e. The number of fused-ring (bicyclic) bond motifs is 3. The van der Waals surface area contributed by atoms with Crippen LogP contribution in [0.2, 0.25) is 5.02 Å². The smallest absolute Gasteiger partial charge is 0.338 e. The number of hydrogen-bond donors (Lipinski definition) is 0. The number of ketones is 1. The zero-order valence-electron chi connectivity index (χ0n) is 17.6. The number of carbonyl (C=O) groups excluding carboxylic acids is 2. The summed E-state index contributed by atoms with van der Waals surface area (Å²) in [6, 6.07) is 14.1. The second-order valence-electron chi connectivity index (χ2n) is 7.80. The van der Waals surface area contributed by atoms with Crippen LogP contribution in [0.3, 0.4) is 0 Å². The van der Waals surface area contributed by atoms with Crippen molar-refractivity contribution in [3.05, 3.63) is 104 Å². The van der Waals surface area contributed by atoms with Gasteiger partial charge in [0.25, 0.3) is 0 Å². The molecule has 7 nitrogen and oxygen atoms in total. The van der Waals surface area contributed by atoms with E-state index in [9.17, 15) is 22.8 Å². The van der Waals surface area contributed by atoms with Gasteiger partial charge in [0.15, 0.2) is 5.78 Å². The predicted molar refractivity (Wildman–Crippen MR) is 123 cm³/mol. The van der Waals surface area contributed by atoms with E-state index in [2.05, 4.69) is 0 Å². The summed E-state index contributed by atoms with van der Waals surface area (Å²) in [6.07, 6.45) is 0. The van der Waals surface area contributed by atoms with E-state index in [4.69, 9.17) is 20.8 Å². The predicted octanol–water partition coefficient (Wildman–Crippen LogP) is 4.49. The molecule has 0 N–H and O–H groups in total. The van der Waals surface area contributed by atoms with Gasteiger partial charge in [-0.3, -0.25) is 4.79 Å². The highest BCUT2D eigenvalue weighted by atomic mass is 35.5. The summed E-state index contributed by atoms with van der Waals surface area (Å²) in [6.45, 7) is 1.49. The monoisotopic (exact) mass is 494 g/mol. The highest BCUT2D eigenvalue weighted by molar-refractivity contribution is 7.91. The highest BCUT2D eigenvalue weighted by Crippen LogP contribution is 2.35. The van der Waals surface area contributed by atoms with E-state index in [1.54, 1.807) is 25.1 Å². The van der Waals surface area contributed by atoms with Crippen LogP contribution in [0.5, 0.6) is 0 Å². The van der Waals surface area contributed by atoms with Crippen LogP contribution < -0.4 is 5.63 Å². The van der Waals surface area contributed by atoms with Gasteiger partial charge in [0.05, 0.1) is 15.4 Å². The van der Waals surface area contributed by atoms with Crippen LogP contribution in [0.4, 0.5) is 0 Å². The van der Waals surface area contributed by atoms with Gasteiger partial charge in [0.2, 0.25) is 9.84 Å². The molecule has 9 heteroatoms. The number of benzene rings is 3. The van der Waals surface area contributed by atoms with Crippen molar-refractivity contribution < 1.29 is 27.2 Å². The summed E-state index contributed by atoms with van der Waals surface area (Å²) in [4.78, 5) is 37.1. The quantitative estimate of drug-likeness (QED) is 0.268. The lowest BCUT2D eigenvalue weighted by Crippen LogP contribution is -2.21. The number of esters is 1. The van der Waals surface area contributed by atoms with Crippen LogP contribution in [-0.2, 0) is 21.2 Å². The number of halogens is 1. The Balaban J connectivity index is 1.48. The summed E-state index contributed by atoms with van der Waals surface area (Å²) in [5.74, 6) is -1.25. The van der Waals surface area contributed by atoms with Crippen LogP contribution >= 0.6 is 11.6 Å². The maximum Gasteiger partial charge on any atom is 0.338 e. The third-order valence-electron chi connectivity index (χ3n) is 5.64. The number of sulfone groups is 1. The SMILES string of the molecule is Cc1cc2oc(=O)cc(COC(=O)c3ccc4c(c3)S(=O)(=O)c3ccccc3C4=O)c2cc1Cl. The third kappa shape index (κ3) is 3.52. The average Bonchev–Trinajstić information content (AvgIpc) is 2.82. The Morgan fingerprint density at radius 1 is 0.971 bits per heavy atom. The van der Waals surface area contributed by atoms with E-state index in [1.807, 2.05) is 0 Å². The maximum absolute atomic E-state index is 13.1. The van der Waals surface area contributed by atoms with Gasteiger partial charge in [-0.05, 0) is 55.0 Å². The van der Waals surface area contributed by atoms with Gasteiger partial charge in [-0.2, -0.15) is 0 Å². The normalized spacial score (nSPS) is 13.9.